The molecular formula is C81H97N21O8. The van der Waals surface area contributed by atoms with E-state index in [1.165, 1.54) is 103 Å². The Morgan fingerprint density at radius 2 is 0.800 bits per heavy atom. The minimum absolute atomic E-state index is 0.000540. The molecule has 12 heterocycles. The Labute approximate surface area is 635 Å². The van der Waals surface area contributed by atoms with Crippen LogP contribution in [-0.2, 0) is 64.6 Å². The van der Waals surface area contributed by atoms with Crippen LogP contribution in [0.2, 0.25) is 0 Å². The highest BCUT2D eigenvalue weighted by molar-refractivity contribution is 5.98. The van der Waals surface area contributed by atoms with Crippen LogP contribution >= 0.6 is 0 Å². The first-order chi connectivity index (χ1) is 53.5. The molecule has 29 heteroatoms. The molecule has 6 aromatic carbocycles. The summed E-state index contributed by atoms with van der Waals surface area (Å²) < 4.78 is 19.7. The standard InChI is InChI=1S/C16H22N4O2.C16H22N4O.C15H20N4O.C12H11N3O2.2C11H11N3O/c1-19-12-18-15-11-13(3-4-14(15)16(19)21)17-5-2-6-20-7-9-22-10-8-20;1-19-12-18-15-11-13(5-6-14(15)16(19)21)17-7-4-10-20-8-2-3-9-20;1-18-11-17-14-10-12(4-5-13(14)15(18)20)16-6-9-19-7-2-3-8-19;1-15-7-14-10-6-8(11-13-4-5-17-11)2-3-9(10)12(15)16;1-14-6-13-10-5-9-7(2-3-12-9)4-8(10)11(14)15;1-14-6-13-10-7-4-5-12-9(7)3-2-8(10)11(14)15/h3-4,11-12,17H,2,5-10H2,1H3;5-6,11-12,17H,2-4,7-10H2,1H3;4-5,10-11,16H,2-3,6-9H2,1H3;2-3,6-7H,4-5H2,1H3;4-6,12H,2-3H2,1H3;2-3,6,12H,4-5H2,1H3. The first-order valence-corrected chi connectivity index (χ1v) is 37.9. The van der Waals surface area contributed by atoms with Gasteiger partial charge in [0.25, 0.3) is 33.4 Å². The van der Waals surface area contributed by atoms with E-state index in [9.17, 15) is 28.8 Å². The van der Waals surface area contributed by atoms with E-state index >= 15 is 0 Å². The third-order valence-corrected chi connectivity index (χ3v) is 20.5. The second-order valence-electron chi connectivity index (χ2n) is 28.3. The van der Waals surface area contributed by atoms with Gasteiger partial charge < -0.3 is 73.3 Å². The second kappa shape index (κ2) is 36.1. The molecule has 0 atom stereocenters. The number of aryl methyl sites for hydroxylation is 6. The van der Waals surface area contributed by atoms with E-state index < -0.39 is 0 Å². The lowest BCUT2D eigenvalue weighted by atomic mass is 10.1. The molecule has 0 aliphatic carbocycles. The third-order valence-electron chi connectivity index (χ3n) is 20.5. The fourth-order valence-electron chi connectivity index (χ4n) is 14.2. The number of likely N-dealkylation sites (tertiary alicyclic amines) is 2. The van der Waals surface area contributed by atoms with Gasteiger partial charge in [-0.05, 0) is 193 Å². The molecule has 0 radical (unpaired) electrons. The van der Waals surface area contributed by atoms with Gasteiger partial charge in [0, 0.05) is 134 Å². The highest BCUT2D eigenvalue weighted by Gasteiger charge is 2.19. The zero-order valence-electron chi connectivity index (χ0n) is 63.5. The number of hydrogen-bond acceptors (Lipinski definition) is 23. The van der Waals surface area contributed by atoms with Crippen molar-refractivity contribution in [3.05, 3.63) is 214 Å². The van der Waals surface area contributed by atoms with Gasteiger partial charge in [0.2, 0.25) is 5.90 Å². The predicted molar refractivity (Wildman–Crippen MR) is 437 cm³/mol. The second-order valence-corrected chi connectivity index (χ2v) is 28.3. The van der Waals surface area contributed by atoms with Gasteiger partial charge in [-0.15, -0.1) is 0 Å². The fourth-order valence-corrected chi connectivity index (χ4v) is 14.2. The van der Waals surface area contributed by atoms with E-state index in [-0.39, 0.29) is 33.4 Å². The Morgan fingerprint density at radius 3 is 1.30 bits per heavy atom. The molecule has 0 spiro atoms. The van der Waals surface area contributed by atoms with Gasteiger partial charge in [-0.3, -0.25) is 33.7 Å². The maximum absolute atomic E-state index is 12.0. The van der Waals surface area contributed by atoms with Gasteiger partial charge in [0.1, 0.15) is 6.61 Å². The number of rotatable bonds is 15. The zero-order chi connectivity index (χ0) is 76.6. The summed E-state index contributed by atoms with van der Waals surface area (Å²) in [6.07, 6.45) is 18.9. The maximum atomic E-state index is 12.0. The van der Waals surface area contributed by atoms with E-state index in [2.05, 4.69) is 76.2 Å². The van der Waals surface area contributed by atoms with Crippen LogP contribution in [0.3, 0.4) is 0 Å². The summed E-state index contributed by atoms with van der Waals surface area (Å²) in [7, 11) is 10.3. The predicted octanol–water partition coefficient (Wildman–Crippen LogP) is 6.85. The SMILES string of the molecule is Cn1cnc2c3c(ccc2c1=O)NCC3.Cn1cnc2cc(C3=NCCO3)ccc2c1=O.Cn1cnc2cc(NCCCN3CCCC3)ccc2c1=O.Cn1cnc2cc(NCCCN3CCOCC3)ccc2c1=O.Cn1cnc2cc(NCCN3CCCC3)ccc2c1=O.Cn1cnc2cc3c(cc2c1=O)CCN3. The van der Waals surface area contributed by atoms with Gasteiger partial charge >= 0.3 is 0 Å². The number of aromatic nitrogens is 12. The lowest BCUT2D eigenvalue weighted by Crippen LogP contribution is -2.37. The fraction of sp³-hybridized carbons (Fsp3) is 0.395. The highest BCUT2D eigenvalue weighted by Crippen LogP contribution is 2.28. The summed E-state index contributed by atoms with van der Waals surface area (Å²) in [5, 5.41) is 20.8. The molecule has 3 saturated heterocycles. The first-order valence-electron chi connectivity index (χ1n) is 37.9. The number of benzene rings is 6. The number of nitrogens with one attached hydrogen (secondary N) is 5. The third kappa shape index (κ3) is 18.8. The smallest absolute Gasteiger partial charge is 0.260 e. The lowest BCUT2D eigenvalue weighted by molar-refractivity contribution is 0.0378. The number of anilines is 5. The molecule has 110 heavy (non-hydrogen) atoms. The highest BCUT2D eigenvalue weighted by atomic mass is 16.5. The molecule has 574 valence electrons. The number of hydrogen-bond donors (Lipinski definition) is 5. The largest absolute Gasteiger partial charge is 0.476 e. The summed E-state index contributed by atoms with van der Waals surface area (Å²) >= 11 is 0. The van der Waals surface area contributed by atoms with Crippen molar-refractivity contribution in [1.82, 2.24) is 72.0 Å². The molecule has 0 unspecified atom stereocenters. The topological polar surface area (TPSA) is 310 Å². The zero-order valence-corrected chi connectivity index (χ0v) is 63.5. The van der Waals surface area contributed by atoms with Crippen LogP contribution in [0.5, 0.6) is 0 Å². The molecule has 0 bridgehead atoms. The normalized spacial score (nSPS) is 15.2. The van der Waals surface area contributed by atoms with E-state index in [1.54, 1.807) is 80.0 Å². The summed E-state index contributed by atoms with van der Waals surface area (Å²) in [5.74, 6) is 0.634. The van der Waals surface area contributed by atoms with Crippen LogP contribution in [0, 0.1) is 0 Å². The van der Waals surface area contributed by atoms with Gasteiger partial charge in [-0.25, -0.2) is 34.9 Å². The number of aliphatic imine (C=N–C) groups is 1. The molecule has 3 fully saturated rings. The Hall–Kier alpha value is -11.5. The molecule has 29 nitrogen and oxygen atoms in total. The monoisotopic (exact) mass is 1490 g/mol. The van der Waals surface area contributed by atoms with Crippen molar-refractivity contribution >= 4 is 99.8 Å². The number of morpholine rings is 1. The van der Waals surface area contributed by atoms with Crippen molar-refractivity contribution in [2.45, 2.75) is 51.4 Å². The summed E-state index contributed by atoms with van der Waals surface area (Å²) in [6, 6.07) is 30.4. The molecule has 12 aromatic rings. The van der Waals surface area contributed by atoms with E-state index in [0.29, 0.717) is 56.9 Å². The van der Waals surface area contributed by atoms with Crippen molar-refractivity contribution < 1.29 is 9.47 Å². The molecule has 6 aromatic heterocycles. The molecule has 6 aliphatic rings. The van der Waals surface area contributed by atoms with Crippen LogP contribution in [-0.4, -0.2) is 196 Å². The minimum Gasteiger partial charge on any atom is -0.476 e. The summed E-state index contributed by atoms with van der Waals surface area (Å²) in [6.45, 7) is 18.0. The van der Waals surface area contributed by atoms with Crippen molar-refractivity contribution in [1.29, 1.82) is 0 Å². The van der Waals surface area contributed by atoms with Crippen molar-refractivity contribution in [2.24, 2.45) is 47.3 Å². The van der Waals surface area contributed by atoms with Crippen LogP contribution in [0.25, 0.3) is 65.4 Å². The van der Waals surface area contributed by atoms with E-state index in [4.69, 9.17) is 9.47 Å². The van der Waals surface area contributed by atoms with Gasteiger partial charge in [-0.2, -0.15) is 0 Å². The van der Waals surface area contributed by atoms with Crippen LogP contribution in [0.15, 0.2) is 169 Å². The van der Waals surface area contributed by atoms with E-state index in [1.807, 2.05) is 91.0 Å². The van der Waals surface area contributed by atoms with Crippen LogP contribution in [0.1, 0.15) is 55.2 Å². The molecule has 6 aliphatic heterocycles. The number of nitrogens with zero attached hydrogens (tertiary/aromatic N) is 16. The first kappa shape index (κ1) is 76.7. The minimum atomic E-state index is -0.0455. The van der Waals surface area contributed by atoms with Crippen LogP contribution < -0.4 is 59.9 Å². The molecule has 0 saturated carbocycles. The molecule has 5 N–H and O–H groups in total. The molecule has 18 rings (SSSR count). The van der Waals surface area contributed by atoms with Crippen molar-refractivity contribution in [2.75, 3.05) is 145 Å². The Morgan fingerprint density at radius 1 is 0.391 bits per heavy atom. The Bertz CT molecular complexity index is 5670. The Kier molecular flexibility index (Phi) is 25.2. The van der Waals surface area contributed by atoms with Crippen molar-refractivity contribution in [3.63, 3.8) is 0 Å². The molecule has 0 amide bonds. The van der Waals surface area contributed by atoms with E-state index in [0.717, 1.165) is 159 Å². The van der Waals surface area contributed by atoms with Gasteiger partial charge in [0.05, 0.1) is 123 Å². The van der Waals surface area contributed by atoms with Crippen LogP contribution in [0.4, 0.5) is 28.4 Å². The molecular weight excluding hydrogens is 1400 g/mol. The van der Waals surface area contributed by atoms with Crippen molar-refractivity contribution in [3.8, 4) is 0 Å². The average molecular weight is 1490 g/mol. The summed E-state index contributed by atoms with van der Waals surface area (Å²) in [4.78, 5) is 109. The quantitative estimate of drug-likeness (QED) is 0.0655. The number of fused-ring (bicyclic) bond motifs is 9. The lowest BCUT2D eigenvalue weighted by Gasteiger charge is -2.26. The average Bonchev–Trinajstić information content (AvgIpc) is 1.56. The maximum Gasteiger partial charge on any atom is 0.260 e. The Balaban J connectivity index is 0.000000117. The summed E-state index contributed by atoms with van der Waals surface area (Å²) in [5.41, 5.74) is 13.1. The van der Waals surface area contributed by atoms with Gasteiger partial charge in [0.15, 0.2) is 0 Å². The van der Waals surface area contributed by atoms with Gasteiger partial charge in [-0.1, -0.05) is 0 Å². The number of ether oxygens (including phenoxy) is 2.